The monoisotopic (exact) mass is 252 g/mol. The van der Waals surface area contributed by atoms with Crippen molar-refractivity contribution in [3.05, 3.63) is 28.8 Å². The Morgan fingerprint density at radius 3 is 2.59 bits per heavy atom. The molecular weight excluding hydrogens is 236 g/mol. The highest BCUT2D eigenvalue weighted by Crippen LogP contribution is 2.35. The fourth-order valence-corrected chi connectivity index (χ4v) is 2.57. The summed E-state index contributed by atoms with van der Waals surface area (Å²) in [5, 5.41) is 0.515. The van der Waals surface area contributed by atoms with E-state index < -0.39 is 0 Å². The summed E-state index contributed by atoms with van der Waals surface area (Å²) >= 11 is 6.11. The van der Waals surface area contributed by atoms with Gasteiger partial charge in [0.1, 0.15) is 17.6 Å². The van der Waals surface area contributed by atoms with Gasteiger partial charge in [-0.15, -0.1) is 0 Å². The van der Waals surface area contributed by atoms with Crippen LogP contribution in [0.4, 0.5) is 0 Å². The predicted molar refractivity (Wildman–Crippen MR) is 69.0 cm³/mol. The van der Waals surface area contributed by atoms with Gasteiger partial charge in [-0.3, -0.25) is 4.79 Å². The third-order valence-electron chi connectivity index (χ3n) is 3.36. The largest absolute Gasteiger partial charge is 0.486 e. The van der Waals surface area contributed by atoms with Crippen LogP contribution in [0.5, 0.6) is 5.75 Å². The van der Waals surface area contributed by atoms with E-state index in [4.69, 9.17) is 16.3 Å². The Morgan fingerprint density at radius 2 is 2.00 bits per heavy atom. The van der Waals surface area contributed by atoms with Crippen LogP contribution in [0.1, 0.15) is 49.4 Å². The molecule has 0 aromatic heterocycles. The van der Waals surface area contributed by atoms with E-state index in [2.05, 4.69) is 6.92 Å². The molecule has 1 aromatic rings. The summed E-state index contributed by atoms with van der Waals surface area (Å²) < 4.78 is 6.03. The molecule has 0 amide bonds. The van der Waals surface area contributed by atoms with E-state index in [9.17, 15) is 4.79 Å². The topological polar surface area (TPSA) is 26.3 Å². The molecule has 0 spiro atoms. The minimum absolute atomic E-state index is 0.107. The van der Waals surface area contributed by atoms with Gasteiger partial charge in [0, 0.05) is 5.56 Å². The second kappa shape index (κ2) is 5.09. The van der Waals surface area contributed by atoms with Gasteiger partial charge >= 0.3 is 0 Å². The minimum Gasteiger partial charge on any atom is -0.486 e. The van der Waals surface area contributed by atoms with Crippen LogP contribution >= 0.6 is 11.6 Å². The molecule has 1 saturated carbocycles. The van der Waals surface area contributed by atoms with E-state index >= 15 is 0 Å². The molecular formula is C14H17ClO2. The van der Waals surface area contributed by atoms with Crippen LogP contribution in [0.2, 0.25) is 5.02 Å². The van der Waals surface area contributed by atoms with Gasteiger partial charge in [0.15, 0.2) is 0 Å². The van der Waals surface area contributed by atoms with Crippen molar-refractivity contribution in [3.8, 4) is 5.75 Å². The highest BCUT2D eigenvalue weighted by molar-refractivity contribution is 6.32. The van der Waals surface area contributed by atoms with E-state index in [0.717, 1.165) is 19.1 Å². The highest BCUT2D eigenvalue weighted by Gasteiger charge is 2.29. The van der Waals surface area contributed by atoms with E-state index in [1.54, 1.807) is 18.2 Å². The van der Waals surface area contributed by atoms with Gasteiger partial charge in [-0.2, -0.15) is 0 Å². The fraction of sp³-hybridized carbons (Fsp3) is 0.500. The van der Waals surface area contributed by atoms with Crippen molar-refractivity contribution in [3.63, 3.8) is 0 Å². The Labute approximate surface area is 107 Å². The molecule has 2 rings (SSSR count). The number of halogens is 1. The van der Waals surface area contributed by atoms with Crippen molar-refractivity contribution in [2.75, 3.05) is 0 Å². The van der Waals surface area contributed by atoms with Crippen LogP contribution < -0.4 is 4.74 Å². The second-order valence-corrected chi connectivity index (χ2v) is 5.33. The van der Waals surface area contributed by atoms with Crippen molar-refractivity contribution >= 4 is 17.9 Å². The molecule has 0 aliphatic heterocycles. The minimum atomic E-state index is -0.107. The standard InChI is InChI=1S/C14H17ClO2/c1-14(7-3-2-4-8-14)17-13-6-5-11(10-16)9-12(13)15/h5-6,9-10H,2-4,7-8H2,1H3. The quantitative estimate of drug-likeness (QED) is 0.752. The molecule has 0 radical (unpaired) electrons. The van der Waals surface area contributed by atoms with Crippen LogP contribution in [0.15, 0.2) is 18.2 Å². The Bertz CT molecular complexity index is 409. The zero-order chi connectivity index (χ0) is 12.3. The number of benzene rings is 1. The molecule has 0 heterocycles. The first-order valence-electron chi connectivity index (χ1n) is 6.07. The smallest absolute Gasteiger partial charge is 0.150 e. The number of carbonyl (C=O) groups excluding carboxylic acids is 1. The average Bonchev–Trinajstić information content (AvgIpc) is 2.32. The fourth-order valence-electron chi connectivity index (χ4n) is 2.34. The van der Waals surface area contributed by atoms with Crippen molar-refractivity contribution in [2.45, 2.75) is 44.6 Å². The lowest BCUT2D eigenvalue weighted by atomic mass is 9.86. The molecule has 0 bridgehead atoms. The summed E-state index contributed by atoms with van der Waals surface area (Å²) in [6, 6.07) is 5.17. The second-order valence-electron chi connectivity index (χ2n) is 4.92. The van der Waals surface area contributed by atoms with Gasteiger partial charge in [0.05, 0.1) is 5.02 Å². The molecule has 0 N–H and O–H groups in total. The molecule has 92 valence electrons. The molecule has 0 atom stereocenters. The summed E-state index contributed by atoms with van der Waals surface area (Å²) in [5.74, 6) is 0.682. The third-order valence-corrected chi connectivity index (χ3v) is 3.65. The zero-order valence-electron chi connectivity index (χ0n) is 10.0. The normalized spacial score (nSPS) is 18.7. The van der Waals surface area contributed by atoms with Crippen LogP contribution in [-0.4, -0.2) is 11.9 Å². The van der Waals surface area contributed by atoms with Crippen molar-refractivity contribution in [1.82, 2.24) is 0 Å². The van der Waals surface area contributed by atoms with Crippen molar-refractivity contribution < 1.29 is 9.53 Å². The van der Waals surface area contributed by atoms with E-state index in [1.807, 2.05) is 0 Å². The molecule has 1 fully saturated rings. The first-order chi connectivity index (χ1) is 8.13. The van der Waals surface area contributed by atoms with Crippen LogP contribution in [-0.2, 0) is 0 Å². The molecule has 3 heteroatoms. The number of carbonyl (C=O) groups is 1. The molecule has 2 nitrogen and oxygen atoms in total. The lowest BCUT2D eigenvalue weighted by molar-refractivity contribution is 0.0488. The first kappa shape index (κ1) is 12.4. The Balaban J connectivity index is 2.15. The summed E-state index contributed by atoms with van der Waals surface area (Å²) in [6.07, 6.45) is 6.63. The van der Waals surface area contributed by atoms with Crippen molar-refractivity contribution in [2.24, 2.45) is 0 Å². The van der Waals surface area contributed by atoms with E-state index in [0.29, 0.717) is 16.3 Å². The van der Waals surface area contributed by atoms with Gasteiger partial charge in [0.25, 0.3) is 0 Å². The van der Waals surface area contributed by atoms with Crippen LogP contribution in [0, 0.1) is 0 Å². The van der Waals surface area contributed by atoms with Gasteiger partial charge < -0.3 is 4.74 Å². The summed E-state index contributed by atoms with van der Waals surface area (Å²) in [4.78, 5) is 10.6. The Kier molecular flexibility index (Phi) is 3.72. The maximum Gasteiger partial charge on any atom is 0.150 e. The van der Waals surface area contributed by atoms with E-state index in [1.165, 1.54) is 19.3 Å². The molecule has 1 aromatic carbocycles. The van der Waals surface area contributed by atoms with Crippen molar-refractivity contribution in [1.29, 1.82) is 0 Å². The third kappa shape index (κ3) is 3.01. The molecule has 0 unspecified atom stereocenters. The predicted octanol–water partition coefficient (Wildman–Crippen LogP) is 4.25. The lowest BCUT2D eigenvalue weighted by Gasteiger charge is -2.34. The van der Waals surface area contributed by atoms with Gasteiger partial charge in [0.2, 0.25) is 0 Å². The average molecular weight is 253 g/mol. The number of aldehydes is 1. The summed E-state index contributed by atoms with van der Waals surface area (Å²) in [6.45, 7) is 2.14. The lowest BCUT2D eigenvalue weighted by Crippen LogP contribution is -2.34. The maximum atomic E-state index is 10.6. The number of rotatable bonds is 3. The molecule has 17 heavy (non-hydrogen) atoms. The summed E-state index contributed by atoms with van der Waals surface area (Å²) in [7, 11) is 0. The van der Waals surface area contributed by atoms with Gasteiger partial charge in [-0.1, -0.05) is 18.0 Å². The maximum absolute atomic E-state index is 10.6. The molecule has 0 saturated heterocycles. The first-order valence-corrected chi connectivity index (χ1v) is 6.44. The molecule has 1 aliphatic carbocycles. The Hall–Kier alpha value is -1.02. The van der Waals surface area contributed by atoms with Crippen LogP contribution in [0.25, 0.3) is 0 Å². The number of hydrogen-bond donors (Lipinski definition) is 0. The van der Waals surface area contributed by atoms with E-state index in [-0.39, 0.29) is 5.60 Å². The number of hydrogen-bond acceptors (Lipinski definition) is 2. The summed E-state index contributed by atoms with van der Waals surface area (Å²) in [5.41, 5.74) is 0.473. The number of ether oxygens (including phenoxy) is 1. The van der Waals surface area contributed by atoms with Gasteiger partial charge in [-0.25, -0.2) is 0 Å². The zero-order valence-corrected chi connectivity index (χ0v) is 10.8. The SMILES string of the molecule is CC1(Oc2ccc(C=O)cc2Cl)CCCCC1. The highest BCUT2D eigenvalue weighted by atomic mass is 35.5. The molecule has 1 aliphatic rings. The van der Waals surface area contributed by atoms with Crippen LogP contribution in [0.3, 0.4) is 0 Å². The van der Waals surface area contributed by atoms with Gasteiger partial charge in [-0.05, 0) is 50.8 Å². The Morgan fingerprint density at radius 1 is 1.29 bits per heavy atom.